The molecule has 0 aliphatic rings. The SMILES string of the molecule is CCC(C)[C@H](N)C(=O)N(C)[C@H](C[C@@H](OC(C)=O)c1nc(C(=O)N[C@@H](Cc2ccccc2)C[C@H](C)C(=O)O)cs1)C(C)C. The van der Waals surface area contributed by atoms with Crippen molar-refractivity contribution in [2.45, 2.75) is 91.5 Å². The van der Waals surface area contributed by atoms with Gasteiger partial charge in [0.05, 0.1) is 12.0 Å². The quantitative estimate of drug-likeness (QED) is 0.239. The second-order valence-electron chi connectivity index (χ2n) is 11.4. The number of nitrogens with zero attached hydrogens (tertiary/aromatic N) is 2. The molecule has 1 unspecified atom stereocenters. The van der Waals surface area contributed by atoms with Crippen LogP contribution in [0.1, 0.15) is 88.0 Å². The summed E-state index contributed by atoms with van der Waals surface area (Å²) in [5.41, 5.74) is 7.36. The highest BCUT2D eigenvalue weighted by atomic mass is 32.1. The van der Waals surface area contributed by atoms with Crippen LogP contribution in [-0.2, 0) is 25.5 Å². The third kappa shape index (κ3) is 10.2. The predicted octanol–water partition coefficient (Wildman–Crippen LogP) is 4.45. The maximum atomic E-state index is 13.3. The van der Waals surface area contributed by atoms with Crippen LogP contribution < -0.4 is 11.1 Å². The van der Waals surface area contributed by atoms with Crippen molar-refractivity contribution >= 4 is 35.1 Å². The summed E-state index contributed by atoms with van der Waals surface area (Å²) in [4.78, 5) is 56.2. The predicted molar refractivity (Wildman–Crippen MR) is 163 cm³/mol. The van der Waals surface area contributed by atoms with Gasteiger partial charge in [0.1, 0.15) is 10.7 Å². The molecule has 1 aromatic carbocycles. The number of hydrogen-bond acceptors (Lipinski definition) is 8. The van der Waals surface area contributed by atoms with Crippen LogP contribution >= 0.6 is 11.3 Å². The molecule has 2 aromatic rings. The monoisotopic (exact) mass is 602 g/mol. The molecule has 0 aliphatic carbocycles. The van der Waals surface area contributed by atoms with Gasteiger partial charge in [0.15, 0.2) is 6.10 Å². The van der Waals surface area contributed by atoms with Crippen LogP contribution in [-0.4, -0.2) is 63.9 Å². The Morgan fingerprint density at radius 3 is 2.29 bits per heavy atom. The highest BCUT2D eigenvalue weighted by Gasteiger charge is 2.33. The van der Waals surface area contributed by atoms with Crippen LogP contribution in [0.15, 0.2) is 35.7 Å². The molecule has 0 saturated carbocycles. The molecule has 232 valence electrons. The third-order valence-corrected chi connectivity index (χ3v) is 8.61. The van der Waals surface area contributed by atoms with Crippen molar-refractivity contribution in [2.75, 3.05) is 7.05 Å². The molecule has 0 saturated heterocycles. The molecule has 1 aromatic heterocycles. The van der Waals surface area contributed by atoms with Crippen molar-refractivity contribution in [3.63, 3.8) is 0 Å². The Kier molecular flexibility index (Phi) is 13.6. The molecule has 6 atom stereocenters. The zero-order chi connectivity index (χ0) is 31.6. The maximum absolute atomic E-state index is 13.3. The first kappa shape index (κ1) is 34.9. The van der Waals surface area contributed by atoms with E-state index in [1.165, 1.54) is 18.3 Å². The minimum Gasteiger partial charge on any atom is -0.481 e. The molecule has 2 amide bonds. The lowest BCUT2D eigenvalue weighted by Crippen LogP contribution is -2.51. The lowest BCUT2D eigenvalue weighted by Gasteiger charge is -2.35. The number of rotatable bonds is 16. The van der Waals surface area contributed by atoms with Gasteiger partial charge in [0.25, 0.3) is 5.91 Å². The molecule has 42 heavy (non-hydrogen) atoms. The van der Waals surface area contributed by atoms with Crippen molar-refractivity contribution in [2.24, 2.45) is 23.5 Å². The number of thiazole rings is 1. The van der Waals surface area contributed by atoms with Gasteiger partial charge in [-0.1, -0.05) is 71.4 Å². The van der Waals surface area contributed by atoms with E-state index in [1.807, 2.05) is 58.0 Å². The largest absolute Gasteiger partial charge is 0.481 e. The molecule has 4 N–H and O–H groups in total. The van der Waals surface area contributed by atoms with E-state index >= 15 is 0 Å². The van der Waals surface area contributed by atoms with Crippen molar-refractivity contribution in [3.05, 3.63) is 52.0 Å². The Morgan fingerprint density at radius 1 is 1.10 bits per heavy atom. The van der Waals surface area contributed by atoms with Crippen LogP contribution in [0, 0.1) is 17.8 Å². The summed E-state index contributed by atoms with van der Waals surface area (Å²) >= 11 is 1.20. The smallest absolute Gasteiger partial charge is 0.306 e. The Morgan fingerprint density at radius 2 is 1.74 bits per heavy atom. The zero-order valence-corrected chi connectivity index (χ0v) is 26.5. The molecule has 1 heterocycles. The molecular weight excluding hydrogens is 556 g/mol. The van der Waals surface area contributed by atoms with Crippen LogP contribution in [0.2, 0.25) is 0 Å². The fourth-order valence-electron chi connectivity index (χ4n) is 4.81. The number of nitrogens with one attached hydrogen (secondary N) is 1. The molecule has 0 radical (unpaired) electrons. The standard InChI is InChI=1S/C31H46N4O6S/c1-8-19(4)27(32)30(38)35(7)25(18(2)3)16-26(41-21(6)36)29-34-24(17-42-29)28(37)33-23(14-20(5)31(39)40)15-22-12-10-9-11-13-22/h9-13,17-20,23,25-27H,8,14-16,32H2,1-7H3,(H,33,37)(H,39,40)/t19?,20-,23+,25+,26+,27-/m0/s1. The van der Waals surface area contributed by atoms with Crippen LogP contribution in [0.3, 0.4) is 0 Å². The number of nitrogens with two attached hydrogens (primary N) is 1. The molecule has 0 spiro atoms. The Labute approximate surface area is 253 Å². The summed E-state index contributed by atoms with van der Waals surface area (Å²) in [5.74, 6) is -2.66. The first-order valence-electron chi connectivity index (χ1n) is 14.5. The van der Waals surface area contributed by atoms with Gasteiger partial charge in [-0.2, -0.15) is 0 Å². The average Bonchev–Trinajstić information content (AvgIpc) is 3.44. The summed E-state index contributed by atoms with van der Waals surface area (Å²) in [7, 11) is 1.71. The number of benzene rings is 1. The Bertz CT molecular complexity index is 1190. The highest BCUT2D eigenvalue weighted by molar-refractivity contribution is 7.09. The van der Waals surface area contributed by atoms with E-state index in [9.17, 15) is 24.3 Å². The number of hydrogen-bond donors (Lipinski definition) is 3. The van der Waals surface area contributed by atoms with E-state index in [0.717, 1.165) is 12.0 Å². The number of amides is 2. The fourth-order valence-corrected chi connectivity index (χ4v) is 5.65. The van der Waals surface area contributed by atoms with E-state index in [4.69, 9.17) is 10.5 Å². The van der Waals surface area contributed by atoms with Gasteiger partial charge >= 0.3 is 11.9 Å². The number of ether oxygens (including phenoxy) is 1. The highest BCUT2D eigenvalue weighted by Crippen LogP contribution is 2.31. The van der Waals surface area contributed by atoms with E-state index in [1.54, 1.807) is 24.3 Å². The van der Waals surface area contributed by atoms with Crippen molar-refractivity contribution < 1.29 is 29.0 Å². The lowest BCUT2D eigenvalue weighted by molar-refractivity contribution is -0.148. The molecule has 0 aliphatic heterocycles. The number of aromatic nitrogens is 1. The molecule has 2 rings (SSSR count). The van der Waals surface area contributed by atoms with Gasteiger partial charge in [-0.15, -0.1) is 11.3 Å². The van der Waals surface area contributed by atoms with E-state index < -0.39 is 42.0 Å². The number of carbonyl (C=O) groups excluding carboxylic acids is 3. The van der Waals surface area contributed by atoms with Gasteiger partial charge in [-0.25, -0.2) is 4.98 Å². The Hall–Kier alpha value is -3.31. The summed E-state index contributed by atoms with van der Waals surface area (Å²) in [6.07, 6.45) is 0.997. The third-order valence-electron chi connectivity index (χ3n) is 7.67. The van der Waals surface area contributed by atoms with Gasteiger partial charge < -0.3 is 25.8 Å². The molecular formula is C31H46N4O6S. The second kappa shape index (κ2) is 16.4. The van der Waals surface area contributed by atoms with Crippen LogP contribution in [0.5, 0.6) is 0 Å². The first-order chi connectivity index (χ1) is 19.7. The zero-order valence-electron chi connectivity index (χ0n) is 25.7. The number of aliphatic carboxylic acids is 1. The second-order valence-corrected chi connectivity index (χ2v) is 12.3. The minimum atomic E-state index is -0.934. The first-order valence-corrected chi connectivity index (χ1v) is 15.3. The van der Waals surface area contributed by atoms with Crippen LogP contribution in [0.25, 0.3) is 0 Å². The number of likely N-dealkylation sites (N-methyl/N-ethyl adjacent to an activating group) is 1. The summed E-state index contributed by atoms with van der Waals surface area (Å²) < 4.78 is 5.65. The minimum absolute atomic E-state index is 0.0151. The molecule has 0 bridgehead atoms. The van der Waals surface area contributed by atoms with Crippen molar-refractivity contribution in [3.8, 4) is 0 Å². The Balaban J connectivity index is 2.26. The lowest BCUT2D eigenvalue weighted by atomic mass is 9.93. The van der Waals surface area contributed by atoms with Gasteiger partial charge in [-0.05, 0) is 30.2 Å². The van der Waals surface area contributed by atoms with E-state index in [2.05, 4.69) is 10.3 Å². The number of carbonyl (C=O) groups is 4. The average molecular weight is 603 g/mol. The maximum Gasteiger partial charge on any atom is 0.306 e. The van der Waals surface area contributed by atoms with Gasteiger partial charge in [0, 0.05) is 37.9 Å². The topological polar surface area (TPSA) is 152 Å². The number of esters is 1. The number of carboxylic acids is 1. The van der Waals surface area contributed by atoms with E-state index in [-0.39, 0.29) is 42.3 Å². The summed E-state index contributed by atoms with van der Waals surface area (Å²) in [5, 5.41) is 14.4. The summed E-state index contributed by atoms with van der Waals surface area (Å²) in [6.45, 7) is 10.8. The summed E-state index contributed by atoms with van der Waals surface area (Å²) in [6, 6.07) is 8.16. The normalized spacial score (nSPS) is 15.6. The van der Waals surface area contributed by atoms with Gasteiger partial charge in [0.2, 0.25) is 5.91 Å². The van der Waals surface area contributed by atoms with Gasteiger partial charge in [-0.3, -0.25) is 19.2 Å². The molecule has 0 fully saturated rings. The van der Waals surface area contributed by atoms with Crippen molar-refractivity contribution in [1.82, 2.24) is 15.2 Å². The fraction of sp³-hybridized carbons (Fsp3) is 0.581. The van der Waals surface area contributed by atoms with E-state index in [0.29, 0.717) is 11.4 Å². The molecule has 10 nitrogen and oxygen atoms in total. The van der Waals surface area contributed by atoms with Crippen LogP contribution in [0.4, 0.5) is 0 Å². The van der Waals surface area contributed by atoms with Crippen molar-refractivity contribution in [1.29, 1.82) is 0 Å². The number of carboxylic acid groups (broad SMARTS) is 1. The molecule has 11 heteroatoms.